The molecule has 1 aliphatic rings. The van der Waals surface area contributed by atoms with E-state index in [4.69, 9.17) is 0 Å². The summed E-state index contributed by atoms with van der Waals surface area (Å²) < 4.78 is 13.7. The van der Waals surface area contributed by atoms with Gasteiger partial charge < -0.3 is 10.6 Å². The number of piperidine rings is 1. The molecular formula is C24H30FN3O2. The highest BCUT2D eigenvalue weighted by atomic mass is 19.1. The topological polar surface area (TPSA) is 61.4 Å². The van der Waals surface area contributed by atoms with Crippen molar-refractivity contribution in [3.63, 3.8) is 0 Å². The molecule has 0 radical (unpaired) electrons. The van der Waals surface area contributed by atoms with Gasteiger partial charge in [0.1, 0.15) is 5.82 Å². The van der Waals surface area contributed by atoms with E-state index >= 15 is 0 Å². The lowest BCUT2D eigenvalue weighted by Gasteiger charge is -2.31. The van der Waals surface area contributed by atoms with Gasteiger partial charge in [0.2, 0.25) is 5.91 Å². The predicted molar refractivity (Wildman–Crippen MR) is 117 cm³/mol. The molecule has 1 heterocycles. The normalized spacial score (nSPS) is 16.1. The number of anilines is 1. The van der Waals surface area contributed by atoms with Gasteiger partial charge >= 0.3 is 0 Å². The van der Waals surface area contributed by atoms with Crippen molar-refractivity contribution in [3.05, 3.63) is 65.5 Å². The van der Waals surface area contributed by atoms with Gasteiger partial charge in [-0.15, -0.1) is 0 Å². The Morgan fingerprint density at radius 2 is 1.77 bits per heavy atom. The van der Waals surface area contributed by atoms with Crippen LogP contribution in [0.15, 0.2) is 48.5 Å². The van der Waals surface area contributed by atoms with Crippen LogP contribution in [0.2, 0.25) is 0 Å². The summed E-state index contributed by atoms with van der Waals surface area (Å²) in [5.74, 6) is -0.429. The number of carbonyl (C=O) groups excluding carboxylic acids is 2. The fourth-order valence-electron chi connectivity index (χ4n) is 3.68. The summed E-state index contributed by atoms with van der Waals surface area (Å²) in [7, 11) is 0. The van der Waals surface area contributed by atoms with Gasteiger partial charge in [-0.05, 0) is 55.0 Å². The van der Waals surface area contributed by atoms with E-state index in [9.17, 15) is 14.0 Å². The summed E-state index contributed by atoms with van der Waals surface area (Å²) in [6, 6.07) is 14.0. The van der Waals surface area contributed by atoms with Crippen molar-refractivity contribution in [2.75, 3.05) is 25.0 Å². The highest BCUT2D eigenvalue weighted by Crippen LogP contribution is 2.20. The van der Waals surface area contributed by atoms with Crippen molar-refractivity contribution in [1.29, 1.82) is 0 Å². The van der Waals surface area contributed by atoms with E-state index in [1.807, 2.05) is 12.1 Å². The van der Waals surface area contributed by atoms with Crippen LogP contribution >= 0.6 is 0 Å². The Balaban J connectivity index is 1.42. The second-order valence-corrected chi connectivity index (χ2v) is 7.98. The molecule has 1 unspecified atom stereocenters. The number of halogens is 1. The van der Waals surface area contributed by atoms with Crippen LogP contribution in [0.25, 0.3) is 0 Å². The zero-order chi connectivity index (χ0) is 21.5. The molecule has 160 valence electrons. The van der Waals surface area contributed by atoms with E-state index in [-0.39, 0.29) is 23.4 Å². The molecule has 0 saturated carbocycles. The number of carbonyl (C=O) groups is 2. The summed E-state index contributed by atoms with van der Waals surface area (Å²) >= 11 is 0. The minimum atomic E-state index is -0.513. The number of hydrogen-bond donors (Lipinski definition) is 2. The Labute approximate surface area is 177 Å². The van der Waals surface area contributed by atoms with Gasteiger partial charge in [-0.25, -0.2) is 4.39 Å². The van der Waals surface area contributed by atoms with Crippen molar-refractivity contribution in [2.24, 2.45) is 0 Å². The Hall–Kier alpha value is -2.73. The van der Waals surface area contributed by atoms with Crippen LogP contribution in [0, 0.1) is 5.82 Å². The number of hydrogen-bond acceptors (Lipinski definition) is 3. The predicted octanol–water partition coefficient (Wildman–Crippen LogP) is 4.17. The Morgan fingerprint density at radius 3 is 2.40 bits per heavy atom. The molecule has 1 fully saturated rings. The van der Waals surface area contributed by atoms with Crippen LogP contribution in [-0.2, 0) is 4.79 Å². The Kier molecular flexibility index (Phi) is 7.57. The summed E-state index contributed by atoms with van der Waals surface area (Å²) in [5, 5.41) is 5.86. The smallest absolute Gasteiger partial charge is 0.254 e. The molecule has 30 heavy (non-hydrogen) atoms. The van der Waals surface area contributed by atoms with E-state index in [0.717, 1.165) is 24.9 Å². The molecule has 2 aromatic carbocycles. The molecule has 0 aromatic heterocycles. The molecule has 3 rings (SSSR count). The van der Waals surface area contributed by atoms with Gasteiger partial charge in [0.25, 0.3) is 5.91 Å². The molecule has 0 bridgehead atoms. The number of nitrogens with zero attached hydrogens (tertiary/aromatic N) is 1. The maximum Gasteiger partial charge on any atom is 0.254 e. The molecule has 2 N–H and O–H groups in total. The Morgan fingerprint density at radius 1 is 1.10 bits per heavy atom. The fourth-order valence-corrected chi connectivity index (χ4v) is 3.68. The number of likely N-dealkylation sites (tertiary alicyclic amines) is 1. The second-order valence-electron chi connectivity index (χ2n) is 7.98. The molecule has 1 atom stereocenters. The second kappa shape index (κ2) is 10.3. The minimum Gasteiger partial charge on any atom is -0.349 e. The molecule has 0 aliphatic carbocycles. The van der Waals surface area contributed by atoms with Crippen molar-refractivity contribution in [3.8, 4) is 0 Å². The fraction of sp³-hybridized carbons (Fsp3) is 0.417. The molecule has 2 aromatic rings. The van der Waals surface area contributed by atoms with Gasteiger partial charge in [0, 0.05) is 24.8 Å². The standard InChI is InChI=1S/C24H30FN3O2/c1-3-17(2)18-8-10-19(11-9-18)26-23(29)16-28-14-12-20(13-15-28)27-24(30)21-6-4-5-7-22(21)25/h4-11,17,20H,3,12-16H2,1-2H3,(H,26,29)(H,27,30). The summed E-state index contributed by atoms with van der Waals surface area (Å²) in [4.78, 5) is 26.7. The Bertz CT molecular complexity index is 861. The van der Waals surface area contributed by atoms with Crippen molar-refractivity contribution < 1.29 is 14.0 Å². The van der Waals surface area contributed by atoms with Crippen molar-refractivity contribution in [1.82, 2.24) is 10.2 Å². The zero-order valence-corrected chi connectivity index (χ0v) is 17.7. The quantitative estimate of drug-likeness (QED) is 0.719. The van der Waals surface area contributed by atoms with Crippen LogP contribution in [0.1, 0.15) is 54.9 Å². The first-order valence-corrected chi connectivity index (χ1v) is 10.6. The summed E-state index contributed by atoms with van der Waals surface area (Å²) in [6.45, 7) is 6.09. The first-order chi connectivity index (χ1) is 14.5. The van der Waals surface area contributed by atoms with Crippen LogP contribution in [-0.4, -0.2) is 42.4 Å². The maximum absolute atomic E-state index is 13.7. The highest BCUT2D eigenvalue weighted by Gasteiger charge is 2.23. The molecular weight excluding hydrogens is 381 g/mol. The van der Waals surface area contributed by atoms with Crippen LogP contribution in [0.5, 0.6) is 0 Å². The zero-order valence-electron chi connectivity index (χ0n) is 17.7. The average Bonchev–Trinajstić information content (AvgIpc) is 2.75. The van der Waals surface area contributed by atoms with Crippen LogP contribution < -0.4 is 10.6 Å². The number of nitrogens with one attached hydrogen (secondary N) is 2. The third-order valence-electron chi connectivity index (χ3n) is 5.78. The summed E-state index contributed by atoms with van der Waals surface area (Å²) in [5.41, 5.74) is 2.15. The first-order valence-electron chi connectivity index (χ1n) is 10.6. The molecule has 5 nitrogen and oxygen atoms in total. The van der Waals surface area contributed by atoms with Crippen LogP contribution in [0.4, 0.5) is 10.1 Å². The van der Waals surface area contributed by atoms with Gasteiger partial charge in [-0.1, -0.05) is 38.1 Å². The molecule has 1 aliphatic heterocycles. The monoisotopic (exact) mass is 411 g/mol. The third-order valence-corrected chi connectivity index (χ3v) is 5.78. The van der Waals surface area contributed by atoms with E-state index < -0.39 is 5.82 Å². The lowest BCUT2D eigenvalue weighted by Crippen LogP contribution is -2.46. The molecule has 2 amide bonds. The van der Waals surface area contributed by atoms with Crippen LogP contribution in [0.3, 0.4) is 0 Å². The molecule has 0 spiro atoms. The minimum absolute atomic E-state index is 0.00971. The summed E-state index contributed by atoms with van der Waals surface area (Å²) in [6.07, 6.45) is 2.55. The average molecular weight is 412 g/mol. The largest absolute Gasteiger partial charge is 0.349 e. The number of benzene rings is 2. The van der Waals surface area contributed by atoms with Crippen molar-refractivity contribution >= 4 is 17.5 Å². The van der Waals surface area contributed by atoms with E-state index in [1.165, 1.54) is 17.7 Å². The number of rotatable bonds is 7. The lowest BCUT2D eigenvalue weighted by atomic mass is 9.99. The van der Waals surface area contributed by atoms with E-state index in [1.54, 1.807) is 12.1 Å². The van der Waals surface area contributed by atoms with Gasteiger partial charge in [-0.3, -0.25) is 14.5 Å². The SMILES string of the molecule is CCC(C)c1ccc(NC(=O)CN2CCC(NC(=O)c3ccccc3F)CC2)cc1. The first kappa shape index (κ1) is 22.0. The van der Waals surface area contributed by atoms with Crippen molar-refractivity contribution in [2.45, 2.75) is 45.1 Å². The lowest BCUT2D eigenvalue weighted by molar-refractivity contribution is -0.117. The molecule has 1 saturated heterocycles. The molecule has 6 heteroatoms. The van der Waals surface area contributed by atoms with Gasteiger partial charge in [0.05, 0.1) is 12.1 Å². The van der Waals surface area contributed by atoms with E-state index in [0.29, 0.717) is 25.6 Å². The van der Waals surface area contributed by atoms with Gasteiger partial charge in [0.15, 0.2) is 0 Å². The van der Waals surface area contributed by atoms with E-state index in [2.05, 4.69) is 41.5 Å². The highest BCUT2D eigenvalue weighted by molar-refractivity contribution is 5.94. The number of amides is 2. The maximum atomic E-state index is 13.7. The third kappa shape index (κ3) is 5.89. The van der Waals surface area contributed by atoms with Gasteiger partial charge in [-0.2, -0.15) is 0 Å².